The maximum Gasteiger partial charge on any atom is 0.271 e. The third-order valence-corrected chi connectivity index (χ3v) is 6.65. The molecule has 2 N–H and O–H groups in total. The van der Waals surface area contributed by atoms with Gasteiger partial charge in [0.1, 0.15) is 22.8 Å². The molecule has 0 aromatic carbocycles. The smallest absolute Gasteiger partial charge is 0.271 e. The lowest BCUT2D eigenvalue weighted by molar-refractivity contribution is -0.145. The number of hydrogen-bond donors (Lipinski definition) is 2. The van der Waals surface area contributed by atoms with E-state index in [0.29, 0.717) is 40.6 Å². The van der Waals surface area contributed by atoms with Crippen molar-refractivity contribution in [3.8, 4) is 0 Å². The van der Waals surface area contributed by atoms with E-state index < -0.39 is 6.04 Å². The fourth-order valence-corrected chi connectivity index (χ4v) is 4.98. The van der Waals surface area contributed by atoms with Gasteiger partial charge in [-0.25, -0.2) is 0 Å². The van der Waals surface area contributed by atoms with Crippen molar-refractivity contribution in [3.05, 3.63) is 27.6 Å². The van der Waals surface area contributed by atoms with Crippen LogP contribution in [-0.2, 0) is 16.1 Å². The summed E-state index contributed by atoms with van der Waals surface area (Å²) in [5.41, 5.74) is 1.67. The second kappa shape index (κ2) is 8.28. The Labute approximate surface area is 176 Å². The number of fused-ring (bicyclic) bond motifs is 1. The van der Waals surface area contributed by atoms with E-state index in [-0.39, 0.29) is 23.1 Å². The lowest BCUT2D eigenvalue weighted by Gasteiger charge is -2.49. The molecule has 3 rings (SSSR count). The standard InChI is InChI=1S/C18H24BrN5O3S/c1-5-23-14(11(19)7-21-23)16(26)22-12-17(27)24-13(10(4)8-28-18(12)24)15(25)20-6-9(2)3/h7,9,12,18H,5-6,8H2,1-4H3,(H,20,25)(H,22,26). The normalized spacial score (nSPS) is 21.5. The maximum atomic E-state index is 12.8. The van der Waals surface area contributed by atoms with Crippen LogP contribution in [-0.4, -0.2) is 56.1 Å². The van der Waals surface area contributed by atoms with Gasteiger partial charge in [-0.05, 0) is 41.3 Å². The molecule has 2 aliphatic rings. The topological polar surface area (TPSA) is 96.3 Å². The molecule has 1 fully saturated rings. The van der Waals surface area contributed by atoms with E-state index >= 15 is 0 Å². The molecular weight excluding hydrogens is 446 g/mol. The number of thioether (sulfide) groups is 1. The SMILES string of the molecule is CCn1ncc(Br)c1C(=O)NC1C(=O)N2C(C(=O)NCC(C)C)=C(C)CSC12. The number of amides is 3. The van der Waals surface area contributed by atoms with E-state index in [1.54, 1.807) is 22.6 Å². The Kier molecular flexibility index (Phi) is 6.18. The minimum atomic E-state index is -0.661. The van der Waals surface area contributed by atoms with Crippen LogP contribution in [0.4, 0.5) is 0 Å². The van der Waals surface area contributed by atoms with E-state index in [1.165, 1.54) is 4.90 Å². The number of halogens is 1. The number of carbonyl (C=O) groups excluding carboxylic acids is 3. The van der Waals surface area contributed by atoms with Gasteiger partial charge in [-0.2, -0.15) is 5.10 Å². The molecule has 3 amide bonds. The van der Waals surface area contributed by atoms with Crippen LogP contribution in [0, 0.1) is 5.92 Å². The van der Waals surface area contributed by atoms with Gasteiger partial charge in [0.15, 0.2) is 0 Å². The molecule has 3 heterocycles. The first-order valence-corrected chi connectivity index (χ1v) is 11.0. The fourth-order valence-electron chi connectivity index (χ4n) is 3.21. The average Bonchev–Trinajstić information content (AvgIpc) is 3.04. The molecule has 28 heavy (non-hydrogen) atoms. The van der Waals surface area contributed by atoms with E-state index in [4.69, 9.17) is 0 Å². The van der Waals surface area contributed by atoms with Crippen LogP contribution >= 0.6 is 27.7 Å². The van der Waals surface area contributed by atoms with Crippen LogP contribution in [0.15, 0.2) is 21.9 Å². The van der Waals surface area contributed by atoms with Crippen molar-refractivity contribution < 1.29 is 14.4 Å². The molecule has 0 spiro atoms. The monoisotopic (exact) mass is 469 g/mol. The molecule has 0 saturated carbocycles. The molecule has 0 aliphatic carbocycles. The van der Waals surface area contributed by atoms with E-state index in [9.17, 15) is 14.4 Å². The number of β-lactam (4-membered cyclic amide) rings is 1. The Morgan fingerprint density at radius 2 is 2.11 bits per heavy atom. The van der Waals surface area contributed by atoms with E-state index in [2.05, 4.69) is 31.7 Å². The van der Waals surface area contributed by atoms with Gasteiger partial charge in [-0.1, -0.05) is 13.8 Å². The summed E-state index contributed by atoms with van der Waals surface area (Å²) in [6.07, 6.45) is 1.56. The number of nitrogens with one attached hydrogen (secondary N) is 2. The van der Waals surface area contributed by atoms with Gasteiger partial charge < -0.3 is 10.6 Å². The van der Waals surface area contributed by atoms with Crippen molar-refractivity contribution in [3.63, 3.8) is 0 Å². The summed E-state index contributed by atoms with van der Waals surface area (Å²) in [6.45, 7) is 8.87. The summed E-state index contributed by atoms with van der Waals surface area (Å²) in [4.78, 5) is 39.6. The summed E-state index contributed by atoms with van der Waals surface area (Å²) in [6, 6.07) is -0.661. The van der Waals surface area contributed by atoms with Gasteiger partial charge in [-0.15, -0.1) is 11.8 Å². The molecule has 1 saturated heterocycles. The van der Waals surface area contributed by atoms with Crippen LogP contribution in [0.2, 0.25) is 0 Å². The van der Waals surface area contributed by atoms with Gasteiger partial charge in [0.05, 0.1) is 10.7 Å². The highest BCUT2D eigenvalue weighted by molar-refractivity contribution is 9.10. The first-order chi connectivity index (χ1) is 13.3. The van der Waals surface area contributed by atoms with Crippen LogP contribution in [0.3, 0.4) is 0 Å². The summed E-state index contributed by atoms with van der Waals surface area (Å²) in [5.74, 6) is 0.100. The minimum absolute atomic E-state index is 0.235. The van der Waals surface area contributed by atoms with Gasteiger partial charge in [0, 0.05) is 18.8 Å². The molecule has 1 aromatic rings. The van der Waals surface area contributed by atoms with Gasteiger partial charge in [0.2, 0.25) is 0 Å². The highest BCUT2D eigenvalue weighted by Crippen LogP contribution is 2.40. The van der Waals surface area contributed by atoms with Crippen LogP contribution in [0.25, 0.3) is 0 Å². The van der Waals surface area contributed by atoms with Gasteiger partial charge in [-0.3, -0.25) is 24.0 Å². The van der Waals surface area contributed by atoms with Crippen LogP contribution < -0.4 is 10.6 Å². The zero-order valence-corrected chi connectivity index (χ0v) is 18.7. The molecule has 2 unspecified atom stereocenters. The Bertz CT molecular complexity index is 850. The maximum absolute atomic E-state index is 12.8. The minimum Gasteiger partial charge on any atom is -0.351 e. The zero-order valence-electron chi connectivity index (χ0n) is 16.3. The van der Waals surface area contributed by atoms with Crippen molar-refractivity contribution in [2.24, 2.45) is 5.92 Å². The third kappa shape index (κ3) is 3.71. The fraction of sp³-hybridized carbons (Fsp3) is 0.556. The number of aromatic nitrogens is 2. The predicted octanol–water partition coefficient (Wildman–Crippen LogP) is 1.73. The molecule has 2 aliphatic heterocycles. The molecule has 152 valence electrons. The number of nitrogens with zero attached hydrogens (tertiary/aromatic N) is 3. The predicted molar refractivity (Wildman–Crippen MR) is 110 cm³/mol. The van der Waals surface area contributed by atoms with Crippen LogP contribution in [0.1, 0.15) is 38.2 Å². The van der Waals surface area contributed by atoms with Crippen molar-refractivity contribution in [1.29, 1.82) is 0 Å². The molecule has 1 aromatic heterocycles. The first-order valence-electron chi connectivity index (χ1n) is 9.21. The van der Waals surface area contributed by atoms with E-state index in [0.717, 1.165) is 5.57 Å². The second-order valence-corrected chi connectivity index (χ2v) is 9.21. The quantitative estimate of drug-likeness (QED) is 0.618. The van der Waals surface area contributed by atoms with Crippen molar-refractivity contribution in [2.45, 2.75) is 45.7 Å². The first kappa shape index (κ1) is 20.9. The molecule has 10 heteroatoms. The highest BCUT2D eigenvalue weighted by Gasteiger charge is 2.53. The Morgan fingerprint density at radius 3 is 2.75 bits per heavy atom. The molecule has 2 atom stereocenters. The molecule has 0 bridgehead atoms. The third-order valence-electron chi connectivity index (χ3n) is 4.64. The Morgan fingerprint density at radius 1 is 1.39 bits per heavy atom. The molecule has 0 radical (unpaired) electrons. The van der Waals surface area contributed by atoms with Crippen molar-refractivity contribution in [1.82, 2.24) is 25.3 Å². The van der Waals surface area contributed by atoms with Gasteiger partial charge >= 0.3 is 0 Å². The molecule has 8 nitrogen and oxygen atoms in total. The summed E-state index contributed by atoms with van der Waals surface area (Å²) < 4.78 is 2.15. The summed E-state index contributed by atoms with van der Waals surface area (Å²) in [7, 11) is 0. The largest absolute Gasteiger partial charge is 0.351 e. The van der Waals surface area contributed by atoms with Crippen molar-refractivity contribution in [2.75, 3.05) is 12.3 Å². The van der Waals surface area contributed by atoms with E-state index in [1.807, 2.05) is 27.7 Å². The summed E-state index contributed by atoms with van der Waals surface area (Å²) in [5, 5.41) is 9.55. The Balaban J connectivity index is 1.74. The number of hydrogen-bond acceptors (Lipinski definition) is 5. The summed E-state index contributed by atoms with van der Waals surface area (Å²) >= 11 is 4.88. The van der Waals surface area contributed by atoms with Gasteiger partial charge in [0.25, 0.3) is 17.7 Å². The lowest BCUT2D eigenvalue weighted by atomic mass is 10.0. The second-order valence-electron chi connectivity index (χ2n) is 7.25. The molecular formula is C18H24BrN5O3S. The number of aryl methyl sites for hydroxylation is 1. The zero-order chi connectivity index (χ0) is 20.6. The van der Waals surface area contributed by atoms with Crippen LogP contribution in [0.5, 0.6) is 0 Å². The Hall–Kier alpha value is -1.81. The lowest BCUT2D eigenvalue weighted by Crippen LogP contribution is -2.71. The number of rotatable bonds is 6. The average molecular weight is 470 g/mol. The number of carbonyl (C=O) groups is 3. The van der Waals surface area contributed by atoms with Crippen molar-refractivity contribution >= 4 is 45.4 Å². The highest BCUT2D eigenvalue weighted by atomic mass is 79.9.